The quantitative estimate of drug-likeness (QED) is 0.824. The van der Waals surface area contributed by atoms with Gasteiger partial charge in [-0.1, -0.05) is 13.8 Å². The summed E-state index contributed by atoms with van der Waals surface area (Å²) in [5, 5.41) is 0. The van der Waals surface area contributed by atoms with Gasteiger partial charge in [0.05, 0.1) is 5.52 Å². The van der Waals surface area contributed by atoms with Gasteiger partial charge in [0, 0.05) is 11.7 Å². The number of H-pyrrole nitrogens is 1. The van der Waals surface area contributed by atoms with Gasteiger partial charge in [-0.05, 0) is 44.1 Å². The second-order valence-electron chi connectivity index (χ2n) is 4.34. The first kappa shape index (κ1) is 11.3. The summed E-state index contributed by atoms with van der Waals surface area (Å²) in [6, 6.07) is 3.94. The molecule has 0 aliphatic heterocycles. The van der Waals surface area contributed by atoms with Crippen LogP contribution >= 0.6 is 12.2 Å². The fourth-order valence-electron chi connectivity index (χ4n) is 2.01. The zero-order valence-corrected chi connectivity index (χ0v) is 10.8. The van der Waals surface area contributed by atoms with Crippen LogP contribution in [-0.4, -0.2) is 14.5 Å². The lowest BCUT2D eigenvalue weighted by Crippen LogP contribution is -2.28. The summed E-state index contributed by atoms with van der Waals surface area (Å²) in [5.41, 5.74) is 2.02. The van der Waals surface area contributed by atoms with Crippen molar-refractivity contribution < 1.29 is 0 Å². The van der Waals surface area contributed by atoms with Gasteiger partial charge in [-0.3, -0.25) is 4.57 Å². The van der Waals surface area contributed by atoms with E-state index in [2.05, 4.69) is 35.3 Å². The van der Waals surface area contributed by atoms with Gasteiger partial charge < -0.3 is 4.98 Å². The number of aromatic nitrogens is 3. The van der Waals surface area contributed by atoms with Crippen LogP contribution in [0.25, 0.3) is 11.2 Å². The molecule has 0 amide bonds. The third kappa shape index (κ3) is 1.57. The van der Waals surface area contributed by atoms with Crippen molar-refractivity contribution in [3.63, 3.8) is 0 Å². The number of nitrogens with one attached hydrogen (secondary N) is 1. The second-order valence-corrected chi connectivity index (χ2v) is 4.73. The first-order valence-electron chi connectivity index (χ1n) is 5.68. The van der Waals surface area contributed by atoms with Crippen molar-refractivity contribution in [2.45, 2.75) is 39.2 Å². The van der Waals surface area contributed by atoms with E-state index in [0.717, 1.165) is 28.8 Å². The van der Waals surface area contributed by atoms with E-state index in [-0.39, 0.29) is 5.54 Å². The molecule has 0 spiro atoms. The van der Waals surface area contributed by atoms with Crippen LogP contribution in [0.4, 0.5) is 0 Å². The largest absolute Gasteiger partial charge is 0.329 e. The van der Waals surface area contributed by atoms with Crippen LogP contribution in [0.2, 0.25) is 0 Å². The Bertz CT molecular complexity index is 549. The molecule has 2 rings (SSSR count). The molecule has 4 heteroatoms. The van der Waals surface area contributed by atoms with Gasteiger partial charge in [0.25, 0.3) is 0 Å². The van der Waals surface area contributed by atoms with E-state index in [1.165, 1.54) is 0 Å². The van der Waals surface area contributed by atoms with Crippen LogP contribution in [0.1, 0.15) is 33.6 Å². The molecule has 2 heterocycles. The minimum Gasteiger partial charge on any atom is -0.329 e. The number of hydrogen-bond acceptors (Lipinski definition) is 2. The Hall–Kier alpha value is -1.16. The highest BCUT2D eigenvalue weighted by molar-refractivity contribution is 7.71. The first-order chi connectivity index (χ1) is 7.62. The van der Waals surface area contributed by atoms with Crippen LogP contribution in [-0.2, 0) is 5.54 Å². The molecule has 0 saturated heterocycles. The zero-order chi connectivity index (χ0) is 11.8. The minimum atomic E-state index is 0.0453. The van der Waals surface area contributed by atoms with Crippen LogP contribution in [0.5, 0.6) is 0 Å². The molecule has 0 aromatic carbocycles. The van der Waals surface area contributed by atoms with Crippen molar-refractivity contribution in [3.05, 3.63) is 23.1 Å². The molecule has 1 N–H and O–H groups in total. The van der Waals surface area contributed by atoms with Gasteiger partial charge in [0.15, 0.2) is 10.4 Å². The Labute approximate surface area is 101 Å². The molecule has 0 unspecified atom stereocenters. The molecule has 16 heavy (non-hydrogen) atoms. The summed E-state index contributed by atoms with van der Waals surface area (Å²) in [6.07, 6.45) is 3.90. The molecule has 0 bridgehead atoms. The molecule has 0 aliphatic carbocycles. The predicted octanol–water partition coefficient (Wildman–Crippen LogP) is 3.63. The van der Waals surface area contributed by atoms with Crippen molar-refractivity contribution in [1.82, 2.24) is 14.5 Å². The molecular weight excluding hydrogens is 218 g/mol. The molecule has 2 aromatic heterocycles. The van der Waals surface area contributed by atoms with Crippen LogP contribution < -0.4 is 0 Å². The maximum Gasteiger partial charge on any atom is 0.179 e. The van der Waals surface area contributed by atoms with E-state index in [9.17, 15) is 0 Å². The SMILES string of the molecule is CCC(C)(CC)n1c(=S)[nH]c2cccnc21. The highest BCUT2D eigenvalue weighted by Crippen LogP contribution is 2.28. The number of fused-ring (bicyclic) bond motifs is 1. The molecule has 3 nitrogen and oxygen atoms in total. The number of nitrogens with zero attached hydrogens (tertiary/aromatic N) is 2. The highest BCUT2D eigenvalue weighted by atomic mass is 32.1. The molecule has 0 atom stereocenters. The van der Waals surface area contributed by atoms with Crippen molar-refractivity contribution in [3.8, 4) is 0 Å². The average Bonchev–Trinajstić information content (AvgIpc) is 2.64. The van der Waals surface area contributed by atoms with E-state index in [1.807, 2.05) is 18.3 Å². The molecule has 0 saturated carbocycles. The maximum atomic E-state index is 5.40. The fraction of sp³-hybridized carbons (Fsp3) is 0.500. The second kappa shape index (κ2) is 4.01. The summed E-state index contributed by atoms with van der Waals surface area (Å²) in [5.74, 6) is 0. The lowest BCUT2D eigenvalue weighted by atomic mass is 9.95. The topological polar surface area (TPSA) is 33.6 Å². The van der Waals surface area contributed by atoms with Gasteiger partial charge in [0.1, 0.15) is 0 Å². The fourth-order valence-corrected chi connectivity index (χ4v) is 2.42. The summed E-state index contributed by atoms with van der Waals surface area (Å²) < 4.78 is 2.91. The van der Waals surface area contributed by atoms with E-state index in [0.29, 0.717) is 0 Å². The summed E-state index contributed by atoms with van der Waals surface area (Å²) in [6.45, 7) is 6.60. The third-order valence-electron chi connectivity index (χ3n) is 3.51. The molecule has 0 radical (unpaired) electrons. The monoisotopic (exact) mass is 235 g/mol. The van der Waals surface area contributed by atoms with Gasteiger partial charge in [-0.2, -0.15) is 0 Å². The highest BCUT2D eigenvalue weighted by Gasteiger charge is 2.25. The Kier molecular flexibility index (Phi) is 2.84. The van der Waals surface area contributed by atoms with Crippen LogP contribution in [0.15, 0.2) is 18.3 Å². The first-order valence-corrected chi connectivity index (χ1v) is 6.09. The number of pyridine rings is 1. The normalized spacial score (nSPS) is 12.2. The molecule has 0 fully saturated rings. The lowest BCUT2D eigenvalue weighted by molar-refractivity contribution is 0.298. The minimum absolute atomic E-state index is 0.0453. The van der Waals surface area contributed by atoms with Crippen LogP contribution in [0.3, 0.4) is 0 Å². The van der Waals surface area contributed by atoms with Gasteiger partial charge >= 0.3 is 0 Å². The summed E-state index contributed by atoms with van der Waals surface area (Å²) in [4.78, 5) is 7.65. The standard InChI is InChI=1S/C12H17N3S/c1-4-12(3,5-2)15-10-9(14-11(15)16)7-6-8-13-10/h6-8H,4-5H2,1-3H3,(H,14,16). The van der Waals surface area contributed by atoms with Crippen molar-refractivity contribution >= 4 is 23.4 Å². The van der Waals surface area contributed by atoms with E-state index >= 15 is 0 Å². The molecular formula is C12H17N3S. The van der Waals surface area contributed by atoms with Gasteiger partial charge in [-0.15, -0.1) is 0 Å². The molecule has 0 aliphatic rings. The van der Waals surface area contributed by atoms with Gasteiger partial charge in [0.2, 0.25) is 0 Å². The molecule has 2 aromatic rings. The Morgan fingerprint density at radius 3 is 2.75 bits per heavy atom. The smallest absolute Gasteiger partial charge is 0.179 e. The lowest BCUT2D eigenvalue weighted by Gasteiger charge is -2.28. The zero-order valence-electron chi connectivity index (χ0n) is 9.95. The number of aromatic amines is 1. The van der Waals surface area contributed by atoms with Crippen molar-refractivity contribution in [2.75, 3.05) is 0 Å². The van der Waals surface area contributed by atoms with Crippen molar-refractivity contribution in [2.24, 2.45) is 0 Å². The predicted molar refractivity (Wildman–Crippen MR) is 69.1 cm³/mol. The van der Waals surface area contributed by atoms with E-state index in [1.54, 1.807) is 0 Å². The number of hydrogen-bond donors (Lipinski definition) is 1. The number of rotatable bonds is 3. The van der Waals surface area contributed by atoms with Crippen molar-refractivity contribution in [1.29, 1.82) is 0 Å². The van der Waals surface area contributed by atoms with E-state index in [4.69, 9.17) is 12.2 Å². The third-order valence-corrected chi connectivity index (χ3v) is 3.79. The molecule has 86 valence electrons. The number of imidazole rings is 1. The Balaban J connectivity index is 2.77. The van der Waals surface area contributed by atoms with Gasteiger partial charge in [-0.25, -0.2) is 4.98 Å². The Morgan fingerprint density at radius 1 is 1.44 bits per heavy atom. The summed E-state index contributed by atoms with van der Waals surface area (Å²) >= 11 is 5.40. The van der Waals surface area contributed by atoms with Crippen LogP contribution in [0, 0.1) is 4.77 Å². The average molecular weight is 235 g/mol. The Morgan fingerprint density at radius 2 is 2.12 bits per heavy atom. The maximum absolute atomic E-state index is 5.40. The van der Waals surface area contributed by atoms with E-state index < -0.39 is 0 Å². The summed E-state index contributed by atoms with van der Waals surface area (Å²) in [7, 11) is 0.